The molecule has 0 amide bonds. The van der Waals surface area contributed by atoms with Gasteiger partial charge in [0, 0.05) is 6.92 Å². The highest BCUT2D eigenvalue weighted by Gasteiger charge is 2.03. The summed E-state index contributed by atoms with van der Waals surface area (Å²) in [7, 11) is 0. The normalized spacial score (nSPS) is 12.4. The number of carbonyl (C=O) groups excluding carboxylic acids is 1. The largest absolute Gasteiger partial charge is 0.445 e. The molecule has 0 saturated heterocycles. The lowest BCUT2D eigenvalue weighted by Crippen LogP contribution is -2.11. The van der Waals surface area contributed by atoms with Crippen molar-refractivity contribution in [2.75, 3.05) is 0 Å². The van der Waals surface area contributed by atoms with Crippen LogP contribution in [-0.2, 0) is 9.53 Å². The quantitative estimate of drug-likeness (QED) is 0.369. The van der Waals surface area contributed by atoms with Crippen molar-refractivity contribution in [1.82, 2.24) is 0 Å². The second kappa shape index (κ2) is 14.7. The maximum atomic E-state index is 11.2. The molecule has 144 valence electrons. The van der Waals surface area contributed by atoms with Crippen molar-refractivity contribution in [3.8, 4) is 23.7 Å². The summed E-state index contributed by atoms with van der Waals surface area (Å²) >= 11 is 0. The van der Waals surface area contributed by atoms with Crippen molar-refractivity contribution in [1.29, 1.82) is 0 Å². The van der Waals surface area contributed by atoms with Crippen LogP contribution >= 0.6 is 0 Å². The van der Waals surface area contributed by atoms with Crippen LogP contribution in [0.15, 0.2) is 36.4 Å². The van der Waals surface area contributed by atoms with Crippen molar-refractivity contribution in [3.05, 3.63) is 42.0 Å². The molecule has 1 rings (SSSR count). The van der Waals surface area contributed by atoms with E-state index in [-0.39, 0.29) is 0 Å². The Morgan fingerprint density at radius 1 is 1.07 bits per heavy atom. The van der Waals surface area contributed by atoms with Crippen molar-refractivity contribution >= 4 is 12.0 Å². The van der Waals surface area contributed by atoms with Crippen LogP contribution in [-0.4, -0.2) is 23.3 Å². The number of unbranched alkanes of at least 4 members (excludes halogenated alkanes) is 5. The lowest BCUT2D eigenvalue weighted by molar-refractivity contribution is -0.142. The van der Waals surface area contributed by atoms with Gasteiger partial charge in [0.15, 0.2) is 6.10 Å². The zero-order chi connectivity index (χ0) is 19.7. The van der Waals surface area contributed by atoms with Crippen LogP contribution in [0.1, 0.15) is 64.4 Å². The summed E-state index contributed by atoms with van der Waals surface area (Å²) in [6.07, 6.45) is 10.0. The summed E-state index contributed by atoms with van der Waals surface area (Å²) in [6.45, 7) is 3.55. The number of esters is 1. The molecule has 0 saturated carbocycles. The molecule has 0 aliphatic heterocycles. The van der Waals surface area contributed by atoms with Gasteiger partial charge in [-0.3, -0.25) is 4.79 Å². The van der Waals surface area contributed by atoms with Gasteiger partial charge in [0.25, 0.3) is 0 Å². The van der Waals surface area contributed by atoms with Crippen LogP contribution in [0.5, 0.6) is 0 Å². The molecule has 0 heterocycles. The predicted molar refractivity (Wildman–Crippen MR) is 111 cm³/mol. The molecule has 2 atom stereocenters. The molecule has 3 nitrogen and oxygen atoms in total. The Morgan fingerprint density at radius 2 is 1.74 bits per heavy atom. The zero-order valence-electron chi connectivity index (χ0n) is 16.4. The molecule has 2 unspecified atom stereocenters. The van der Waals surface area contributed by atoms with E-state index in [4.69, 9.17) is 4.74 Å². The van der Waals surface area contributed by atoms with Crippen LogP contribution in [0.4, 0.5) is 0 Å². The lowest BCUT2D eigenvalue weighted by atomic mass is 10.1. The monoisotopic (exact) mass is 366 g/mol. The fourth-order valence-corrected chi connectivity index (χ4v) is 2.48. The SMILES string of the molecule is CCCCCCCCC(O)C#CC#CC(/C=C/c1ccccc1)OC(C)=O. The average molecular weight is 367 g/mol. The van der Waals surface area contributed by atoms with Crippen LogP contribution in [0.25, 0.3) is 6.08 Å². The number of carbonyl (C=O) groups is 1. The Labute approximate surface area is 163 Å². The number of aliphatic hydroxyl groups excluding tert-OH is 1. The number of hydrogen-bond donors (Lipinski definition) is 1. The summed E-state index contributed by atoms with van der Waals surface area (Å²) in [6, 6.07) is 9.71. The number of aliphatic hydroxyl groups is 1. The standard InChI is InChI=1S/C24H30O3/c1-3-4-5-6-7-11-16-23(26)17-12-13-18-24(27-21(2)25)20-19-22-14-9-8-10-15-22/h8-10,14-15,19-20,23-24,26H,3-7,11,16H2,1-2H3/b20-19+. The molecular formula is C24H30O3. The fourth-order valence-electron chi connectivity index (χ4n) is 2.48. The maximum Gasteiger partial charge on any atom is 0.304 e. The number of hydrogen-bond acceptors (Lipinski definition) is 3. The van der Waals surface area contributed by atoms with E-state index in [0.29, 0.717) is 6.42 Å². The molecule has 0 fully saturated rings. The van der Waals surface area contributed by atoms with Crippen LogP contribution in [0, 0.1) is 23.7 Å². The molecule has 1 aromatic rings. The van der Waals surface area contributed by atoms with E-state index in [2.05, 4.69) is 30.6 Å². The highest BCUT2D eigenvalue weighted by Crippen LogP contribution is 2.08. The Bertz CT molecular complexity index is 683. The molecule has 0 aromatic heterocycles. The maximum absolute atomic E-state index is 11.2. The van der Waals surface area contributed by atoms with Gasteiger partial charge < -0.3 is 9.84 Å². The molecule has 1 N–H and O–H groups in total. The molecule has 1 aromatic carbocycles. The van der Waals surface area contributed by atoms with Crippen LogP contribution in [0.2, 0.25) is 0 Å². The fraction of sp³-hybridized carbons (Fsp3) is 0.458. The minimum atomic E-state index is -0.660. The molecule has 27 heavy (non-hydrogen) atoms. The highest BCUT2D eigenvalue weighted by molar-refractivity contribution is 5.67. The van der Waals surface area contributed by atoms with Gasteiger partial charge in [0.05, 0.1) is 0 Å². The highest BCUT2D eigenvalue weighted by atomic mass is 16.5. The first kappa shape index (κ1) is 22.6. The van der Waals surface area contributed by atoms with E-state index in [9.17, 15) is 9.90 Å². The first-order valence-electron chi connectivity index (χ1n) is 9.71. The number of benzene rings is 1. The minimum absolute atomic E-state index is 0.400. The molecule has 0 bridgehead atoms. The Kier molecular flexibility index (Phi) is 12.2. The summed E-state index contributed by atoms with van der Waals surface area (Å²) in [5.74, 6) is 10.5. The van der Waals surface area contributed by atoms with E-state index in [1.165, 1.54) is 32.6 Å². The van der Waals surface area contributed by atoms with Gasteiger partial charge in [0.1, 0.15) is 6.10 Å². The topological polar surface area (TPSA) is 46.5 Å². The summed E-state index contributed by atoms with van der Waals surface area (Å²) < 4.78 is 5.16. The van der Waals surface area contributed by atoms with Gasteiger partial charge in [-0.15, -0.1) is 0 Å². The zero-order valence-corrected chi connectivity index (χ0v) is 16.4. The lowest BCUT2D eigenvalue weighted by Gasteiger charge is -2.05. The van der Waals surface area contributed by atoms with E-state index in [1.54, 1.807) is 6.08 Å². The first-order chi connectivity index (χ1) is 13.1. The minimum Gasteiger partial charge on any atom is -0.445 e. The first-order valence-corrected chi connectivity index (χ1v) is 9.71. The number of ether oxygens (including phenoxy) is 1. The van der Waals surface area contributed by atoms with Crippen molar-refractivity contribution < 1.29 is 14.6 Å². The van der Waals surface area contributed by atoms with E-state index in [1.807, 2.05) is 36.4 Å². The molecule has 0 aliphatic carbocycles. The van der Waals surface area contributed by atoms with Crippen molar-refractivity contribution in [3.63, 3.8) is 0 Å². The third-order valence-electron chi connectivity index (χ3n) is 3.90. The molecule has 0 spiro atoms. The Morgan fingerprint density at radius 3 is 2.44 bits per heavy atom. The van der Waals surface area contributed by atoms with Gasteiger partial charge in [-0.25, -0.2) is 0 Å². The van der Waals surface area contributed by atoms with Gasteiger partial charge in [-0.1, -0.05) is 81.4 Å². The van der Waals surface area contributed by atoms with E-state index >= 15 is 0 Å². The van der Waals surface area contributed by atoms with Gasteiger partial charge >= 0.3 is 5.97 Å². The Hall–Kier alpha value is -2.49. The smallest absolute Gasteiger partial charge is 0.304 e. The second-order valence-electron chi connectivity index (χ2n) is 6.41. The van der Waals surface area contributed by atoms with Crippen LogP contribution in [0.3, 0.4) is 0 Å². The van der Waals surface area contributed by atoms with Crippen molar-refractivity contribution in [2.45, 2.75) is 71.0 Å². The molecule has 0 radical (unpaired) electrons. The third-order valence-corrected chi connectivity index (χ3v) is 3.90. The van der Waals surface area contributed by atoms with Gasteiger partial charge in [0.2, 0.25) is 0 Å². The molecular weight excluding hydrogens is 336 g/mol. The average Bonchev–Trinajstić information content (AvgIpc) is 2.66. The summed E-state index contributed by atoms with van der Waals surface area (Å²) in [5, 5.41) is 9.87. The van der Waals surface area contributed by atoms with E-state index < -0.39 is 18.2 Å². The predicted octanol–water partition coefficient (Wildman–Crippen LogP) is 4.75. The molecule has 3 heteroatoms. The Balaban J connectivity index is 2.48. The van der Waals surface area contributed by atoms with E-state index in [0.717, 1.165) is 18.4 Å². The summed E-state index contributed by atoms with van der Waals surface area (Å²) in [4.78, 5) is 11.2. The van der Waals surface area contributed by atoms with Crippen molar-refractivity contribution in [2.24, 2.45) is 0 Å². The second-order valence-corrected chi connectivity index (χ2v) is 6.41. The van der Waals surface area contributed by atoms with Gasteiger partial charge in [-0.2, -0.15) is 0 Å². The van der Waals surface area contributed by atoms with Gasteiger partial charge in [-0.05, 0) is 42.2 Å². The summed E-state index contributed by atoms with van der Waals surface area (Å²) in [5.41, 5.74) is 0.997. The van der Waals surface area contributed by atoms with Crippen LogP contribution < -0.4 is 0 Å². The number of rotatable bonds is 10. The third kappa shape index (κ3) is 12.5. The molecule has 0 aliphatic rings.